The van der Waals surface area contributed by atoms with Crippen molar-refractivity contribution in [3.63, 3.8) is 0 Å². The number of carbonyl (C=O) groups is 1. The second-order valence-electron chi connectivity index (χ2n) is 4.53. The predicted octanol–water partition coefficient (Wildman–Crippen LogP) is 2.50. The molecule has 1 fully saturated rings. The van der Waals surface area contributed by atoms with Gasteiger partial charge < -0.3 is 10.2 Å². The summed E-state index contributed by atoms with van der Waals surface area (Å²) in [6.07, 6.45) is 1.11. The quantitative estimate of drug-likeness (QED) is 0.929. The van der Waals surface area contributed by atoms with Crippen molar-refractivity contribution in [3.05, 3.63) is 20.3 Å². The molecule has 0 spiro atoms. The molecule has 3 nitrogen and oxygen atoms in total. The molecule has 0 radical (unpaired) electrons. The van der Waals surface area contributed by atoms with Gasteiger partial charge in [0.15, 0.2) is 0 Å². The van der Waals surface area contributed by atoms with Crippen LogP contribution in [0.25, 0.3) is 0 Å². The normalized spacial score (nSPS) is 19.9. The van der Waals surface area contributed by atoms with E-state index in [2.05, 4.69) is 21.2 Å². The number of thiophene rings is 1. The third-order valence-electron chi connectivity index (χ3n) is 3.13. The van der Waals surface area contributed by atoms with E-state index in [0.717, 1.165) is 40.3 Å². The van der Waals surface area contributed by atoms with E-state index in [-0.39, 0.29) is 5.91 Å². The van der Waals surface area contributed by atoms with Crippen LogP contribution >= 0.6 is 27.3 Å². The second-order valence-corrected chi connectivity index (χ2v) is 6.90. The molecule has 1 aliphatic heterocycles. The van der Waals surface area contributed by atoms with Gasteiger partial charge in [0, 0.05) is 13.1 Å². The third-order valence-corrected chi connectivity index (χ3v) is 5.26. The van der Waals surface area contributed by atoms with Gasteiger partial charge in [0.25, 0.3) is 5.91 Å². The molecule has 17 heavy (non-hydrogen) atoms. The van der Waals surface area contributed by atoms with Crippen LogP contribution in [0.1, 0.15) is 21.7 Å². The molecule has 94 valence electrons. The average molecular weight is 317 g/mol. The monoisotopic (exact) mass is 316 g/mol. The lowest BCUT2D eigenvalue weighted by molar-refractivity contribution is 0.0792. The van der Waals surface area contributed by atoms with Gasteiger partial charge in [0.1, 0.15) is 0 Å². The number of hydrogen-bond donors (Lipinski definition) is 1. The van der Waals surface area contributed by atoms with E-state index in [0.29, 0.717) is 5.92 Å². The largest absolute Gasteiger partial charge is 0.338 e. The van der Waals surface area contributed by atoms with Gasteiger partial charge in [0.05, 0.1) is 8.66 Å². The molecule has 1 aromatic rings. The van der Waals surface area contributed by atoms with Crippen LogP contribution in [0.4, 0.5) is 0 Å². The van der Waals surface area contributed by atoms with Gasteiger partial charge in [-0.05, 0) is 60.4 Å². The molecule has 0 aromatic carbocycles. The van der Waals surface area contributed by atoms with Crippen molar-refractivity contribution in [1.29, 1.82) is 0 Å². The zero-order valence-electron chi connectivity index (χ0n) is 10.1. The molecule has 2 heterocycles. The smallest absolute Gasteiger partial charge is 0.263 e. The molecule has 2 rings (SSSR count). The van der Waals surface area contributed by atoms with Crippen LogP contribution in [-0.4, -0.2) is 37.5 Å². The van der Waals surface area contributed by atoms with Gasteiger partial charge in [0.2, 0.25) is 0 Å². The lowest BCUT2D eigenvalue weighted by atomic mass is 10.1. The Morgan fingerprint density at radius 3 is 3.06 bits per heavy atom. The summed E-state index contributed by atoms with van der Waals surface area (Å²) in [4.78, 5) is 15.1. The van der Waals surface area contributed by atoms with Crippen LogP contribution in [0.3, 0.4) is 0 Å². The standard InChI is InChI=1S/C12H17BrN2OS/c1-8-5-10(17-11(8)13)12(16)15-4-3-9(7-15)6-14-2/h5,9,14H,3-4,6-7H2,1-2H3. The Labute approximate surface area is 114 Å². The molecule has 1 unspecified atom stereocenters. The van der Waals surface area contributed by atoms with Crippen LogP contribution in [-0.2, 0) is 0 Å². The van der Waals surface area contributed by atoms with Crippen LogP contribution < -0.4 is 5.32 Å². The topological polar surface area (TPSA) is 32.3 Å². The van der Waals surface area contributed by atoms with Crippen LogP contribution in [0.5, 0.6) is 0 Å². The first-order valence-electron chi connectivity index (χ1n) is 5.81. The van der Waals surface area contributed by atoms with E-state index >= 15 is 0 Å². The van der Waals surface area contributed by atoms with Crippen LogP contribution in [0, 0.1) is 12.8 Å². The minimum Gasteiger partial charge on any atom is -0.338 e. The van der Waals surface area contributed by atoms with Crippen molar-refractivity contribution in [3.8, 4) is 0 Å². The zero-order chi connectivity index (χ0) is 12.4. The number of hydrogen-bond acceptors (Lipinski definition) is 3. The van der Waals surface area contributed by atoms with Crippen molar-refractivity contribution in [1.82, 2.24) is 10.2 Å². The van der Waals surface area contributed by atoms with Crippen LogP contribution in [0.15, 0.2) is 9.85 Å². The molecule has 1 aliphatic rings. The molecule has 1 saturated heterocycles. The molecule has 1 amide bonds. The molecule has 1 N–H and O–H groups in total. The Bertz CT molecular complexity index is 399. The fourth-order valence-corrected chi connectivity index (χ4v) is 3.70. The molecule has 1 aromatic heterocycles. The molecule has 0 bridgehead atoms. The number of rotatable bonds is 3. The highest BCUT2D eigenvalue weighted by atomic mass is 79.9. The summed E-state index contributed by atoms with van der Waals surface area (Å²) in [6, 6.07) is 1.97. The number of carbonyl (C=O) groups excluding carboxylic acids is 1. The van der Waals surface area contributed by atoms with Gasteiger partial charge in [-0.3, -0.25) is 4.79 Å². The SMILES string of the molecule is CNCC1CCN(C(=O)c2cc(C)c(Br)s2)C1. The van der Waals surface area contributed by atoms with Crippen molar-refractivity contribution in [2.45, 2.75) is 13.3 Å². The van der Waals surface area contributed by atoms with Gasteiger partial charge >= 0.3 is 0 Å². The van der Waals surface area contributed by atoms with Gasteiger partial charge in [-0.1, -0.05) is 0 Å². The summed E-state index contributed by atoms with van der Waals surface area (Å²) in [5, 5.41) is 3.18. The maximum absolute atomic E-state index is 12.3. The Morgan fingerprint density at radius 1 is 1.71 bits per heavy atom. The minimum atomic E-state index is 0.183. The Morgan fingerprint density at radius 2 is 2.47 bits per heavy atom. The van der Waals surface area contributed by atoms with Crippen LogP contribution in [0.2, 0.25) is 0 Å². The minimum absolute atomic E-state index is 0.183. The number of amides is 1. The number of nitrogens with zero attached hydrogens (tertiary/aromatic N) is 1. The van der Waals surface area contributed by atoms with Gasteiger partial charge in [-0.25, -0.2) is 0 Å². The lowest BCUT2D eigenvalue weighted by Crippen LogP contribution is -2.29. The molecule has 0 aliphatic carbocycles. The summed E-state index contributed by atoms with van der Waals surface area (Å²) >= 11 is 5.00. The second kappa shape index (κ2) is 5.50. The summed E-state index contributed by atoms with van der Waals surface area (Å²) in [5.74, 6) is 0.788. The first-order valence-corrected chi connectivity index (χ1v) is 7.42. The highest BCUT2D eigenvalue weighted by molar-refractivity contribution is 9.11. The highest BCUT2D eigenvalue weighted by Gasteiger charge is 2.27. The molecule has 0 saturated carbocycles. The fourth-order valence-electron chi connectivity index (χ4n) is 2.19. The Hall–Kier alpha value is -0.390. The highest BCUT2D eigenvalue weighted by Crippen LogP contribution is 2.29. The molecule has 1 atom stereocenters. The zero-order valence-corrected chi connectivity index (χ0v) is 12.5. The Balaban J connectivity index is 2.02. The van der Waals surface area contributed by atoms with Crippen molar-refractivity contribution >= 4 is 33.2 Å². The molecular formula is C12H17BrN2OS. The lowest BCUT2D eigenvalue weighted by Gasteiger charge is -2.15. The van der Waals surface area contributed by atoms with E-state index in [1.807, 2.05) is 24.9 Å². The average Bonchev–Trinajstić information content (AvgIpc) is 2.87. The van der Waals surface area contributed by atoms with E-state index in [1.165, 1.54) is 11.3 Å². The molecule has 5 heteroatoms. The summed E-state index contributed by atoms with van der Waals surface area (Å²) in [7, 11) is 1.96. The van der Waals surface area contributed by atoms with Crippen molar-refractivity contribution in [2.75, 3.05) is 26.7 Å². The van der Waals surface area contributed by atoms with E-state index in [9.17, 15) is 4.79 Å². The van der Waals surface area contributed by atoms with Gasteiger partial charge in [-0.2, -0.15) is 0 Å². The first-order chi connectivity index (χ1) is 8.11. The first kappa shape index (κ1) is 13.1. The van der Waals surface area contributed by atoms with Gasteiger partial charge in [-0.15, -0.1) is 11.3 Å². The Kier molecular flexibility index (Phi) is 4.22. The summed E-state index contributed by atoms with van der Waals surface area (Å²) in [5.41, 5.74) is 1.14. The van der Waals surface area contributed by atoms with E-state index < -0.39 is 0 Å². The summed E-state index contributed by atoms with van der Waals surface area (Å²) < 4.78 is 1.06. The maximum Gasteiger partial charge on any atom is 0.263 e. The predicted molar refractivity (Wildman–Crippen MR) is 74.7 cm³/mol. The maximum atomic E-state index is 12.3. The summed E-state index contributed by atoms with van der Waals surface area (Å²) in [6.45, 7) is 4.79. The third kappa shape index (κ3) is 2.89. The number of halogens is 1. The van der Waals surface area contributed by atoms with Crippen molar-refractivity contribution in [2.24, 2.45) is 5.92 Å². The van der Waals surface area contributed by atoms with E-state index in [4.69, 9.17) is 0 Å². The van der Waals surface area contributed by atoms with Crippen molar-refractivity contribution < 1.29 is 4.79 Å². The fraction of sp³-hybridized carbons (Fsp3) is 0.583. The van der Waals surface area contributed by atoms with E-state index in [1.54, 1.807) is 0 Å². The number of nitrogens with one attached hydrogen (secondary N) is 1. The number of aryl methyl sites for hydroxylation is 1. The number of likely N-dealkylation sites (tertiary alicyclic amines) is 1. The molecular weight excluding hydrogens is 300 g/mol.